The fourth-order valence-electron chi connectivity index (χ4n) is 3.17. The van der Waals surface area contributed by atoms with Crippen LogP contribution in [0, 0.1) is 0 Å². The molecule has 2 heterocycles. The Morgan fingerprint density at radius 2 is 2.09 bits per heavy atom. The monoisotopic (exact) mass is 329 g/mol. The van der Waals surface area contributed by atoms with Crippen LogP contribution in [-0.4, -0.2) is 28.9 Å². The third-order valence-electron chi connectivity index (χ3n) is 4.22. The molecule has 1 saturated heterocycles. The van der Waals surface area contributed by atoms with Crippen molar-refractivity contribution in [1.29, 1.82) is 0 Å². The second-order valence-corrected chi connectivity index (χ2v) is 6.32. The summed E-state index contributed by atoms with van der Waals surface area (Å²) in [6.07, 6.45) is 2.78. The first-order valence-corrected chi connectivity index (χ1v) is 8.23. The summed E-state index contributed by atoms with van der Waals surface area (Å²) in [6.45, 7) is 1.19. The van der Waals surface area contributed by atoms with Gasteiger partial charge in [-0.3, -0.25) is 14.7 Å². The number of hydrogen-bond acceptors (Lipinski definition) is 3. The number of rotatable bonds is 5. The summed E-state index contributed by atoms with van der Waals surface area (Å²) >= 11 is 6.23. The molecule has 1 atom stereocenters. The molecule has 2 aromatic rings. The molecular weight excluding hydrogens is 310 g/mol. The molecule has 2 N–H and O–H groups in total. The summed E-state index contributed by atoms with van der Waals surface area (Å²) in [5.41, 5.74) is 8.41. The summed E-state index contributed by atoms with van der Waals surface area (Å²) in [4.78, 5) is 18.1. The Morgan fingerprint density at radius 1 is 1.26 bits per heavy atom. The van der Waals surface area contributed by atoms with Gasteiger partial charge in [-0.1, -0.05) is 35.9 Å². The van der Waals surface area contributed by atoms with Crippen LogP contribution in [0.15, 0.2) is 42.5 Å². The van der Waals surface area contributed by atoms with Crippen LogP contribution >= 0.6 is 11.6 Å². The van der Waals surface area contributed by atoms with E-state index in [0.29, 0.717) is 13.0 Å². The van der Waals surface area contributed by atoms with Gasteiger partial charge in [0.1, 0.15) is 0 Å². The molecule has 1 aliphatic heterocycles. The normalized spacial score (nSPS) is 18.2. The number of hydrogen-bond donors (Lipinski definition) is 1. The molecule has 1 aliphatic rings. The van der Waals surface area contributed by atoms with Crippen molar-refractivity contribution in [3.8, 4) is 0 Å². The van der Waals surface area contributed by atoms with Crippen LogP contribution in [0.2, 0.25) is 5.02 Å². The lowest BCUT2D eigenvalue weighted by molar-refractivity contribution is -0.119. The number of primary amides is 1. The van der Waals surface area contributed by atoms with Crippen LogP contribution in [0.1, 0.15) is 35.8 Å². The molecule has 0 saturated carbocycles. The Morgan fingerprint density at radius 3 is 2.87 bits per heavy atom. The zero-order chi connectivity index (χ0) is 16.2. The Hall–Kier alpha value is -1.91. The van der Waals surface area contributed by atoms with Crippen molar-refractivity contribution in [2.24, 2.45) is 5.73 Å². The van der Waals surface area contributed by atoms with Gasteiger partial charge in [-0.25, -0.2) is 0 Å². The van der Waals surface area contributed by atoms with Crippen LogP contribution in [0.4, 0.5) is 0 Å². The second kappa shape index (κ2) is 7.11. The number of aromatic nitrogens is 1. The second-order valence-electron chi connectivity index (χ2n) is 5.92. The molecule has 23 heavy (non-hydrogen) atoms. The number of pyridine rings is 1. The third-order valence-corrected chi connectivity index (χ3v) is 4.59. The van der Waals surface area contributed by atoms with Gasteiger partial charge < -0.3 is 5.73 Å². The van der Waals surface area contributed by atoms with E-state index in [2.05, 4.69) is 4.90 Å². The Bertz CT molecular complexity index is 704. The summed E-state index contributed by atoms with van der Waals surface area (Å²) in [5.74, 6) is -0.288. The van der Waals surface area contributed by atoms with Gasteiger partial charge in [0.25, 0.3) is 0 Å². The summed E-state index contributed by atoms with van der Waals surface area (Å²) in [7, 11) is 0. The lowest BCUT2D eigenvalue weighted by atomic mass is 10.1. The fourth-order valence-corrected chi connectivity index (χ4v) is 3.37. The van der Waals surface area contributed by atoms with E-state index in [0.717, 1.165) is 41.4 Å². The standard InChI is InChI=1S/C18H20ClN3O/c19-15-7-2-1-5-13(15)11-14-6-3-8-16(21-14)17-9-4-10-22(17)12-18(20)23/h1-3,5-8,17H,4,9-12H2,(H2,20,23)/t17-/m1/s1. The molecule has 3 rings (SSSR count). The van der Waals surface area contributed by atoms with Gasteiger partial charge in [0.15, 0.2) is 0 Å². The van der Waals surface area contributed by atoms with Gasteiger partial charge in [-0.05, 0) is 43.1 Å². The van der Waals surface area contributed by atoms with E-state index in [9.17, 15) is 4.79 Å². The Balaban J connectivity index is 1.80. The smallest absolute Gasteiger partial charge is 0.231 e. The van der Waals surface area contributed by atoms with Crippen molar-refractivity contribution in [3.63, 3.8) is 0 Å². The van der Waals surface area contributed by atoms with E-state index in [1.807, 2.05) is 42.5 Å². The molecular formula is C18H20ClN3O. The van der Waals surface area contributed by atoms with Gasteiger partial charge in [-0.15, -0.1) is 0 Å². The van der Waals surface area contributed by atoms with Crippen molar-refractivity contribution in [3.05, 3.63) is 64.4 Å². The minimum absolute atomic E-state index is 0.175. The topological polar surface area (TPSA) is 59.2 Å². The highest BCUT2D eigenvalue weighted by molar-refractivity contribution is 6.31. The maximum absolute atomic E-state index is 11.2. The number of likely N-dealkylation sites (tertiary alicyclic amines) is 1. The van der Waals surface area contributed by atoms with E-state index in [1.54, 1.807) is 0 Å². The molecule has 0 aliphatic carbocycles. The molecule has 1 amide bonds. The molecule has 0 unspecified atom stereocenters. The van der Waals surface area contributed by atoms with E-state index in [1.165, 1.54) is 0 Å². The maximum Gasteiger partial charge on any atom is 0.231 e. The minimum atomic E-state index is -0.288. The number of amides is 1. The zero-order valence-corrected chi connectivity index (χ0v) is 13.7. The molecule has 0 spiro atoms. The number of nitrogens with zero attached hydrogens (tertiary/aromatic N) is 2. The maximum atomic E-state index is 11.2. The highest BCUT2D eigenvalue weighted by Gasteiger charge is 2.28. The summed E-state index contributed by atoms with van der Waals surface area (Å²) < 4.78 is 0. The molecule has 1 aromatic carbocycles. The van der Waals surface area contributed by atoms with Gasteiger partial charge in [0.05, 0.1) is 18.3 Å². The van der Waals surface area contributed by atoms with E-state index >= 15 is 0 Å². The number of nitrogens with two attached hydrogens (primary N) is 1. The molecule has 4 nitrogen and oxygen atoms in total. The number of benzene rings is 1. The predicted octanol–water partition coefficient (Wildman–Crippen LogP) is 2.95. The highest BCUT2D eigenvalue weighted by atomic mass is 35.5. The van der Waals surface area contributed by atoms with Crippen molar-refractivity contribution in [2.45, 2.75) is 25.3 Å². The average Bonchev–Trinajstić information content (AvgIpc) is 2.97. The molecule has 1 aromatic heterocycles. The van der Waals surface area contributed by atoms with Crippen LogP contribution in [0.5, 0.6) is 0 Å². The van der Waals surface area contributed by atoms with Crippen LogP contribution in [0.25, 0.3) is 0 Å². The largest absolute Gasteiger partial charge is 0.369 e. The first-order valence-electron chi connectivity index (χ1n) is 7.85. The van der Waals surface area contributed by atoms with Crippen molar-refractivity contribution >= 4 is 17.5 Å². The first kappa shape index (κ1) is 16.0. The fraction of sp³-hybridized carbons (Fsp3) is 0.333. The van der Waals surface area contributed by atoms with Gasteiger partial charge in [0, 0.05) is 17.1 Å². The zero-order valence-electron chi connectivity index (χ0n) is 12.9. The summed E-state index contributed by atoms with van der Waals surface area (Å²) in [5, 5.41) is 0.760. The molecule has 1 fully saturated rings. The first-order chi connectivity index (χ1) is 11.1. The molecule has 0 radical (unpaired) electrons. The van der Waals surface area contributed by atoms with Crippen LogP contribution in [0.3, 0.4) is 0 Å². The quantitative estimate of drug-likeness (QED) is 0.917. The third kappa shape index (κ3) is 3.89. The lowest BCUT2D eigenvalue weighted by Gasteiger charge is -2.22. The minimum Gasteiger partial charge on any atom is -0.369 e. The van der Waals surface area contributed by atoms with Gasteiger partial charge >= 0.3 is 0 Å². The molecule has 0 bridgehead atoms. The lowest BCUT2D eigenvalue weighted by Crippen LogP contribution is -2.33. The number of carbonyl (C=O) groups excluding carboxylic acids is 1. The Kier molecular flexibility index (Phi) is 4.94. The van der Waals surface area contributed by atoms with E-state index in [-0.39, 0.29) is 11.9 Å². The van der Waals surface area contributed by atoms with E-state index < -0.39 is 0 Å². The van der Waals surface area contributed by atoms with Gasteiger partial charge in [-0.2, -0.15) is 0 Å². The summed E-state index contributed by atoms with van der Waals surface area (Å²) in [6, 6.07) is 14.1. The van der Waals surface area contributed by atoms with Crippen molar-refractivity contribution in [2.75, 3.05) is 13.1 Å². The SMILES string of the molecule is NC(=O)CN1CCC[C@@H]1c1cccc(Cc2ccccc2Cl)n1. The van der Waals surface area contributed by atoms with E-state index in [4.69, 9.17) is 22.3 Å². The van der Waals surface area contributed by atoms with Crippen LogP contribution < -0.4 is 5.73 Å². The number of carbonyl (C=O) groups is 1. The molecule has 5 heteroatoms. The Labute approximate surface area is 141 Å². The predicted molar refractivity (Wildman–Crippen MR) is 91.2 cm³/mol. The van der Waals surface area contributed by atoms with Crippen molar-refractivity contribution in [1.82, 2.24) is 9.88 Å². The molecule has 120 valence electrons. The average molecular weight is 330 g/mol. The van der Waals surface area contributed by atoms with Crippen molar-refractivity contribution < 1.29 is 4.79 Å². The number of halogens is 1. The highest BCUT2D eigenvalue weighted by Crippen LogP contribution is 2.30. The van der Waals surface area contributed by atoms with Crippen LogP contribution in [-0.2, 0) is 11.2 Å². The van der Waals surface area contributed by atoms with Gasteiger partial charge in [0.2, 0.25) is 5.91 Å².